The lowest BCUT2D eigenvalue weighted by molar-refractivity contribution is 0.0605. The average Bonchev–Trinajstić information content (AvgIpc) is 2.67. The molecule has 1 aliphatic rings. The van der Waals surface area contributed by atoms with Gasteiger partial charge in [-0.2, -0.15) is 0 Å². The van der Waals surface area contributed by atoms with Gasteiger partial charge in [0.2, 0.25) is 0 Å². The van der Waals surface area contributed by atoms with E-state index in [1.54, 1.807) is 0 Å². The second kappa shape index (κ2) is 5.98. The maximum atomic E-state index is 11.7. The molecule has 106 valence electrons. The Morgan fingerprint density at radius 2 is 2.16 bits per heavy atom. The number of carbonyl (C=O) groups is 1. The minimum absolute atomic E-state index is 0.259. The quantitative estimate of drug-likeness (QED) is 0.771. The summed E-state index contributed by atoms with van der Waals surface area (Å²) in [6.45, 7) is 4.98. The summed E-state index contributed by atoms with van der Waals surface area (Å²) in [5, 5.41) is 1.01. The minimum Gasteiger partial charge on any atom is -0.465 e. The number of rotatable bonds is 2. The van der Waals surface area contributed by atoms with Gasteiger partial charge in [0, 0.05) is 6.54 Å². The highest BCUT2D eigenvalue weighted by Crippen LogP contribution is 2.29. The van der Waals surface area contributed by atoms with E-state index in [-0.39, 0.29) is 12.0 Å². The van der Waals surface area contributed by atoms with E-state index in [0.717, 1.165) is 36.8 Å². The fraction of sp³-hybridized carbons (Fsp3) is 0.692. The topological polar surface area (TPSA) is 45.7 Å². The van der Waals surface area contributed by atoms with Crippen molar-refractivity contribution >= 4 is 17.3 Å². The molecular formula is C13H21N3O2S. The highest BCUT2D eigenvalue weighted by atomic mass is 32.1. The number of esters is 1. The summed E-state index contributed by atoms with van der Waals surface area (Å²) in [6, 6.07) is 0.259. The Bertz CT molecular complexity index is 461. The van der Waals surface area contributed by atoms with Crippen LogP contribution in [0, 0.1) is 6.92 Å². The zero-order valence-electron chi connectivity index (χ0n) is 12.0. The average molecular weight is 283 g/mol. The van der Waals surface area contributed by atoms with Crippen LogP contribution in [-0.4, -0.2) is 61.6 Å². The molecule has 0 aliphatic carbocycles. The number of methoxy groups -OCH3 is 1. The van der Waals surface area contributed by atoms with Crippen LogP contribution in [0.3, 0.4) is 0 Å². The first-order valence-corrected chi connectivity index (χ1v) is 7.29. The predicted molar refractivity (Wildman–Crippen MR) is 75.7 cm³/mol. The number of hydrogen-bond donors (Lipinski definition) is 0. The van der Waals surface area contributed by atoms with Crippen LogP contribution in [-0.2, 0) is 4.74 Å². The molecule has 1 aliphatic heterocycles. The fourth-order valence-corrected chi connectivity index (χ4v) is 3.52. The van der Waals surface area contributed by atoms with Gasteiger partial charge < -0.3 is 9.64 Å². The maximum Gasteiger partial charge on any atom is 0.349 e. The molecule has 0 radical (unpaired) electrons. The van der Waals surface area contributed by atoms with Crippen molar-refractivity contribution in [1.82, 2.24) is 14.8 Å². The molecular weight excluding hydrogens is 262 g/mol. The first-order valence-electron chi connectivity index (χ1n) is 6.47. The van der Waals surface area contributed by atoms with E-state index < -0.39 is 0 Å². The fourth-order valence-electron chi connectivity index (χ4n) is 2.38. The van der Waals surface area contributed by atoms with E-state index in [4.69, 9.17) is 4.74 Å². The minimum atomic E-state index is -0.286. The molecule has 1 saturated heterocycles. The van der Waals surface area contributed by atoms with Crippen LogP contribution in [0.5, 0.6) is 0 Å². The normalized spacial score (nSPS) is 22.2. The molecule has 1 aromatic heterocycles. The Kier molecular flexibility index (Phi) is 4.54. The van der Waals surface area contributed by atoms with Crippen molar-refractivity contribution in [3.63, 3.8) is 0 Å². The summed E-state index contributed by atoms with van der Waals surface area (Å²) < 4.78 is 4.80. The number of aromatic nitrogens is 1. The summed E-state index contributed by atoms with van der Waals surface area (Å²) in [5.74, 6) is -0.286. The van der Waals surface area contributed by atoms with Crippen LogP contribution < -0.4 is 0 Å². The van der Waals surface area contributed by atoms with E-state index in [2.05, 4.69) is 28.9 Å². The van der Waals surface area contributed by atoms with Gasteiger partial charge >= 0.3 is 5.97 Å². The molecule has 0 amide bonds. The molecule has 1 fully saturated rings. The molecule has 19 heavy (non-hydrogen) atoms. The second-order valence-electron chi connectivity index (χ2n) is 5.07. The largest absolute Gasteiger partial charge is 0.465 e. The van der Waals surface area contributed by atoms with E-state index >= 15 is 0 Å². The summed E-state index contributed by atoms with van der Waals surface area (Å²) in [7, 11) is 5.67. The number of nitrogens with zero attached hydrogens (tertiary/aromatic N) is 3. The van der Waals surface area contributed by atoms with Gasteiger partial charge in [-0.3, -0.25) is 4.90 Å². The standard InChI is InChI=1S/C13H21N3O2S/c1-9-11(13(17)18-4)19-12(14-9)10-8-15(2)6-5-7-16(10)3/h10H,5-8H2,1-4H3. The van der Waals surface area contributed by atoms with Crippen molar-refractivity contribution in [3.8, 4) is 0 Å². The highest BCUT2D eigenvalue weighted by molar-refractivity contribution is 7.13. The Balaban J connectivity index is 2.27. The lowest BCUT2D eigenvalue weighted by Gasteiger charge is -2.25. The molecule has 0 bridgehead atoms. The number of carbonyl (C=O) groups excluding carboxylic acids is 1. The first-order chi connectivity index (χ1) is 9.02. The Morgan fingerprint density at radius 3 is 2.84 bits per heavy atom. The third-order valence-electron chi connectivity index (χ3n) is 3.54. The number of aryl methyl sites for hydroxylation is 1. The van der Waals surface area contributed by atoms with Crippen molar-refractivity contribution in [3.05, 3.63) is 15.6 Å². The van der Waals surface area contributed by atoms with Gasteiger partial charge in [-0.1, -0.05) is 0 Å². The summed E-state index contributed by atoms with van der Waals surface area (Å²) in [6.07, 6.45) is 1.16. The van der Waals surface area contributed by atoms with Gasteiger partial charge in [0.05, 0.1) is 18.8 Å². The first kappa shape index (κ1) is 14.4. The van der Waals surface area contributed by atoms with Crippen molar-refractivity contribution in [2.24, 2.45) is 0 Å². The van der Waals surface area contributed by atoms with Crippen LogP contribution in [0.2, 0.25) is 0 Å². The smallest absolute Gasteiger partial charge is 0.349 e. The molecule has 6 heteroatoms. The van der Waals surface area contributed by atoms with E-state index in [9.17, 15) is 4.79 Å². The van der Waals surface area contributed by atoms with Gasteiger partial charge in [-0.05, 0) is 40.5 Å². The third-order valence-corrected chi connectivity index (χ3v) is 4.78. The van der Waals surface area contributed by atoms with Crippen LogP contribution >= 0.6 is 11.3 Å². The molecule has 0 aromatic carbocycles. The number of hydrogen-bond acceptors (Lipinski definition) is 6. The SMILES string of the molecule is COC(=O)c1sc(C2CN(C)CCCN2C)nc1C. The summed E-state index contributed by atoms with van der Waals surface area (Å²) in [4.78, 5) is 21.5. The molecule has 5 nitrogen and oxygen atoms in total. The molecule has 2 heterocycles. The lowest BCUT2D eigenvalue weighted by atomic mass is 10.2. The van der Waals surface area contributed by atoms with Gasteiger partial charge in [0.15, 0.2) is 0 Å². The van der Waals surface area contributed by atoms with Gasteiger partial charge in [-0.25, -0.2) is 9.78 Å². The summed E-state index contributed by atoms with van der Waals surface area (Å²) >= 11 is 1.46. The maximum absolute atomic E-state index is 11.7. The zero-order valence-corrected chi connectivity index (χ0v) is 12.8. The molecule has 1 atom stereocenters. The molecule has 1 unspecified atom stereocenters. The number of likely N-dealkylation sites (N-methyl/N-ethyl adjacent to an activating group) is 2. The van der Waals surface area contributed by atoms with Crippen molar-refractivity contribution in [1.29, 1.82) is 0 Å². The van der Waals surface area contributed by atoms with Crippen LogP contribution in [0.25, 0.3) is 0 Å². The number of ether oxygens (including phenoxy) is 1. The van der Waals surface area contributed by atoms with Crippen LogP contribution in [0.15, 0.2) is 0 Å². The Hall–Kier alpha value is -0.980. The molecule has 2 rings (SSSR count). The van der Waals surface area contributed by atoms with Crippen LogP contribution in [0.1, 0.15) is 32.8 Å². The van der Waals surface area contributed by atoms with E-state index in [1.165, 1.54) is 18.4 Å². The van der Waals surface area contributed by atoms with Gasteiger partial charge in [0.1, 0.15) is 9.88 Å². The molecule has 0 spiro atoms. The van der Waals surface area contributed by atoms with Crippen molar-refractivity contribution < 1.29 is 9.53 Å². The van der Waals surface area contributed by atoms with E-state index in [0.29, 0.717) is 4.88 Å². The van der Waals surface area contributed by atoms with Gasteiger partial charge in [-0.15, -0.1) is 11.3 Å². The van der Waals surface area contributed by atoms with Crippen molar-refractivity contribution in [2.75, 3.05) is 40.8 Å². The monoisotopic (exact) mass is 283 g/mol. The predicted octanol–water partition coefficient (Wildman–Crippen LogP) is 1.55. The Labute approximate surface area is 118 Å². The third kappa shape index (κ3) is 3.13. The number of thiazole rings is 1. The van der Waals surface area contributed by atoms with Crippen LogP contribution in [0.4, 0.5) is 0 Å². The molecule has 0 N–H and O–H groups in total. The Morgan fingerprint density at radius 1 is 1.42 bits per heavy atom. The second-order valence-corrected chi connectivity index (χ2v) is 6.10. The highest BCUT2D eigenvalue weighted by Gasteiger charge is 2.27. The lowest BCUT2D eigenvalue weighted by Crippen LogP contribution is -2.30. The summed E-state index contributed by atoms with van der Waals surface area (Å²) in [5.41, 5.74) is 0.771. The van der Waals surface area contributed by atoms with Gasteiger partial charge in [0.25, 0.3) is 0 Å². The molecule has 1 aromatic rings. The zero-order chi connectivity index (χ0) is 14.0. The van der Waals surface area contributed by atoms with Crippen molar-refractivity contribution in [2.45, 2.75) is 19.4 Å². The van der Waals surface area contributed by atoms with E-state index in [1.807, 2.05) is 6.92 Å². The molecule has 0 saturated carbocycles.